The molecule has 1 unspecified atom stereocenters. The average Bonchev–Trinajstić information content (AvgIpc) is 2.37. The van der Waals surface area contributed by atoms with Crippen LogP contribution in [-0.2, 0) is 9.53 Å². The Hall–Kier alpha value is -0.440. The molecule has 1 aliphatic heterocycles. The molecule has 2 nitrogen and oxygen atoms in total. The van der Waals surface area contributed by atoms with E-state index in [2.05, 4.69) is 6.92 Å². The van der Waals surface area contributed by atoms with Gasteiger partial charge in [-0.1, -0.05) is 0 Å². The highest BCUT2D eigenvalue weighted by Crippen LogP contribution is 2.30. The predicted molar refractivity (Wildman–Crippen MR) is 51.3 cm³/mol. The van der Waals surface area contributed by atoms with E-state index in [0.717, 1.165) is 12.2 Å². The van der Waals surface area contributed by atoms with Gasteiger partial charge in [0.05, 0.1) is 6.61 Å². The van der Waals surface area contributed by atoms with Gasteiger partial charge in [0.2, 0.25) is 0 Å². The molecular formula is C9H14O2S. The molecule has 0 radical (unpaired) electrons. The molecule has 1 fully saturated rings. The summed E-state index contributed by atoms with van der Waals surface area (Å²) < 4.78 is 4.83. The molecule has 0 bridgehead atoms. The van der Waals surface area contributed by atoms with Crippen molar-refractivity contribution >= 4 is 17.7 Å². The molecule has 3 heteroatoms. The Kier molecular flexibility index (Phi) is 3.66. The van der Waals surface area contributed by atoms with Crippen molar-refractivity contribution in [3.8, 4) is 0 Å². The first-order valence-corrected chi connectivity index (χ1v) is 5.27. The molecule has 0 aliphatic carbocycles. The number of hydrogen-bond donors (Lipinski definition) is 0. The zero-order valence-corrected chi connectivity index (χ0v) is 8.32. The highest BCUT2D eigenvalue weighted by molar-refractivity contribution is 8.00. The standard InChI is InChI=1S/C9H14O2S/c1-3-11-9(10)6-8-4-5-12-7(8)2/h6-7H,3-5H2,1-2H3/b8-6+. The Bertz CT molecular complexity index is 199. The van der Waals surface area contributed by atoms with Crippen molar-refractivity contribution in [2.75, 3.05) is 12.4 Å². The molecule has 0 N–H and O–H groups in total. The van der Waals surface area contributed by atoms with Crippen LogP contribution in [0.5, 0.6) is 0 Å². The van der Waals surface area contributed by atoms with E-state index in [1.807, 2.05) is 18.7 Å². The quantitative estimate of drug-likeness (QED) is 0.487. The summed E-state index contributed by atoms with van der Waals surface area (Å²) in [7, 11) is 0. The van der Waals surface area contributed by atoms with E-state index < -0.39 is 0 Å². The van der Waals surface area contributed by atoms with Crippen molar-refractivity contribution in [3.05, 3.63) is 11.6 Å². The number of rotatable bonds is 2. The molecule has 1 aliphatic rings. The maximum absolute atomic E-state index is 11.0. The van der Waals surface area contributed by atoms with E-state index in [1.54, 1.807) is 6.08 Å². The normalized spacial score (nSPS) is 26.2. The van der Waals surface area contributed by atoms with Gasteiger partial charge < -0.3 is 4.74 Å². The van der Waals surface area contributed by atoms with Gasteiger partial charge in [-0.3, -0.25) is 0 Å². The predicted octanol–water partition coefficient (Wildman–Crippen LogP) is 2.00. The Morgan fingerprint density at radius 2 is 2.58 bits per heavy atom. The Morgan fingerprint density at radius 3 is 3.08 bits per heavy atom. The van der Waals surface area contributed by atoms with Crippen LogP contribution in [0.3, 0.4) is 0 Å². The average molecular weight is 186 g/mol. The van der Waals surface area contributed by atoms with Gasteiger partial charge >= 0.3 is 5.97 Å². The minimum Gasteiger partial charge on any atom is -0.463 e. The first-order valence-electron chi connectivity index (χ1n) is 4.23. The molecule has 0 saturated carbocycles. The number of carbonyl (C=O) groups is 1. The first-order chi connectivity index (χ1) is 5.74. The van der Waals surface area contributed by atoms with Gasteiger partial charge in [0.25, 0.3) is 0 Å². The second kappa shape index (κ2) is 4.55. The lowest BCUT2D eigenvalue weighted by Crippen LogP contribution is -2.03. The van der Waals surface area contributed by atoms with Crippen LogP contribution in [0.4, 0.5) is 0 Å². The van der Waals surface area contributed by atoms with Gasteiger partial charge in [0.15, 0.2) is 0 Å². The monoisotopic (exact) mass is 186 g/mol. The van der Waals surface area contributed by atoms with Gasteiger partial charge in [-0.2, -0.15) is 11.8 Å². The fourth-order valence-electron chi connectivity index (χ4n) is 1.19. The van der Waals surface area contributed by atoms with E-state index >= 15 is 0 Å². The maximum Gasteiger partial charge on any atom is 0.330 e. The van der Waals surface area contributed by atoms with Crippen LogP contribution in [-0.4, -0.2) is 23.6 Å². The second-order valence-electron chi connectivity index (χ2n) is 2.73. The van der Waals surface area contributed by atoms with Crippen molar-refractivity contribution in [1.82, 2.24) is 0 Å². The van der Waals surface area contributed by atoms with E-state index in [0.29, 0.717) is 11.9 Å². The van der Waals surface area contributed by atoms with Crippen LogP contribution in [0.15, 0.2) is 11.6 Å². The topological polar surface area (TPSA) is 26.3 Å². The summed E-state index contributed by atoms with van der Waals surface area (Å²) in [4.78, 5) is 11.0. The van der Waals surface area contributed by atoms with Crippen molar-refractivity contribution in [3.63, 3.8) is 0 Å². The van der Waals surface area contributed by atoms with Gasteiger partial charge in [-0.15, -0.1) is 0 Å². The Labute approximate surface area is 77.4 Å². The summed E-state index contributed by atoms with van der Waals surface area (Å²) in [6.07, 6.45) is 2.68. The summed E-state index contributed by atoms with van der Waals surface area (Å²) in [5, 5.41) is 0.495. The van der Waals surface area contributed by atoms with Crippen molar-refractivity contribution in [2.24, 2.45) is 0 Å². The molecule has 0 aromatic carbocycles. The van der Waals surface area contributed by atoms with Crippen LogP contribution >= 0.6 is 11.8 Å². The van der Waals surface area contributed by atoms with E-state index in [-0.39, 0.29) is 5.97 Å². The molecular weight excluding hydrogens is 172 g/mol. The number of thioether (sulfide) groups is 1. The SMILES string of the molecule is CCOC(=O)/C=C1\CCSC1C. The zero-order chi connectivity index (χ0) is 8.97. The zero-order valence-electron chi connectivity index (χ0n) is 7.50. The number of esters is 1. The summed E-state index contributed by atoms with van der Waals surface area (Å²) in [5.74, 6) is 0.939. The number of carbonyl (C=O) groups excluding carboxylic acids is 1. The molecule has 0 aromatic rings. The molecule has 68 valence electrons. The summed E-state index contributed by atoms with van der Waals surface area (Å²) in [5.41, 5.74) is 1.22. The summed E-state index contributed by atoms with van der Waals surface area (Å²) in [6, 6.07) is 0. The van der Waals surface area contributed by atoms with Crippen molar-refractivity contribution in [2.45, 2.75) is 25.5 Å². The van der Waals surface area contributed by atoms with Crippen LogP contribution in [0.25, 0.3) is 0 Å². The molecule has 0 aromatic heterocycles. The van der Waals surface area contributed by atoms with Crippen LogP contribution in [0.2, 0.25) is 0 Å². The van der Waals surface area contributed by atoms with Crippen LogP contribution < -0.4 is 0 Å². The molecule has 1 rings (SSSR count). The molecule has 1 atom stereocenters. The molecule has 1 heterocycles. The maximum atomic E-state index is 11.0. The van der Waals surface area contributed by atoms with Crippen molar-refractivity contribution in [1.29, 1.82) is 0 Å². The van der Waals surface area contributed by atoms with E-state index in [1.165, 1.54) is 5.57 Å². The van der Waals surface area contributed by atoms with Crippen LogP contribution in [0.1, 0.15) is 20.3 Å². The first kappa shape index (κ1) is 9.65. The molecule has 1 saturated heterocycles. The van der Waals surface area contributed by atoms with Gasteiger partial charge in [0, 0.05) is 11.3 Å². The third-order valence-corrected chi connectivity index (χ3v) is 3.11. The summed E-state index contributed by atoms with van der Waals surface area (Å²) in [6.45, 7) is 4.41. The van der Waals surface area contributed by atoms with E-state index in [9.17, 15) is 4.79 Å². The number of ether oxygens (including phenoxy) is 1. The lowest BCUT2D eigenvalue weighted by Gasteiger charge is -2.02. The smallest absolute Gasteiger partial charge is 0.330 e. The fourth-order valence-corrected chi connectivity index (χ4v) is 2.30. The lowest BCUT2D eigenvalue weighted by molar-refractivity contribution is -0.137. The van der Waals surface area contributed by atoms with Gasteiger partial charge in [-0.25, -0.2) is 4.79 Å². The van der Waals surface area contributed by atoms with Crippen LogP contribution in [0, 0.1) is 0 Å². The largest absolute Gasteiger partial charge is 0.463 e. The molecule has 0 amide bonds. The minimum atomic E-state index is -0.193. The Balaban J connectivity index is 2.49. The molecule has 12 heavy (non-hydrogen) atoms. The lowest BCUT2D eigenvalue weighted by atomic mass is 10.1. The third kappa shape index (κ3) is 2.55. The highest BCUT2D eigenvalue weighted by atomic mass is 32.2. The number of hydrogen-bond acceptors (Lipinski definition) is 3. The van der Waals surface area contributed by atoms with Gasteiger partial charge in [0.1, 0.15) is 0 Å². The summed E-state index contributed by atoms with van der Waals surface area (Å²) >= 11 is 1.89. The third-order valence-electron chi connectivity index (χ3n) is 1.87. The highest BCUT2D eigenvalue weighted by Gasteiger charge is 2.17. The van der Waals surface area contributed by atoms with E-state index in [4.69, 9.17) is 4.74 Å². The fraction of sp³-hybridized carbons (Fsp3) is 0.667. The van der Waals surface area contributed by atoms with Gasteiger partial charge in [-0.05, 0) is 31.6 Å². The van der Waals surface area contributed by atoms with Crippen molar-refractivity contribution < 1.29 is 9.53 Å². The molecule has 0 spiro atoms. The Morgan fingerprint density at radius 1 is 1.83 bits per heavy atom. The second-order valence-corrected chi connectivity index (χ2v) is 4.18. The minimum absolute atomic E-state index is 0.193.